The van der Waals surface area contributed by atoms with E-state index in [1.54, 1.807) is 0 Å². The summed E-state index contributed by atoms with van der Waals surface area (Å²) in [6.07, 6.45) is 1.08. The third-order valence-corrected chi connectivity index (χ3v) is 2.67. The molecule has 0 N–H and O–H groups in total. The van der Waals surface area contributed by atoms with E-state index in [4.69, 9.17) is 12.6 Å². The normalized spacial score (nSPS) is 14.1. The summed E-state index contributed by atoms with van der Waals surface area (Å²) < 4.78 is 0. The molecule has 0 nitrogen and oxygen atoms in total. The average molecular weight is 247 g/mol. The monoisotopic (exact) mass is 245 g/mol. The fourth-order valence-electron chi connectivity index (χ4n) is 0.199. The van der Waals surface area contributed by atoms with Crippen molar-refractivity contribution in [2.24, 2.45) is 0 Å². The highest BCUT2D eigenvalue weighted by atomic mass is 79.9. The molecule has 0 aromatic heterocycles. The molecule has 0 saturated heterocycles. The van der Waals surface area contributed by atoms with Crippen LogP contribution in [0.3, 0.4) is 0 Å². The van der Waals surface area contributed by atoms with Crippen LogP contribution in [0.15, 0.2) is 0 Å². The predicted molar refractivity (Wildman–Crippen MR) is 43.6 cm³/mol. The van der Waals surface area contributed by atoms with E-state index in [0.29, 0.717) is 5.25 Å². The largest absolute Gasteiger partial charge is 0.0928 e. The molecule has 0 fully saturated rings. The van der Waals surface area contributed by atoms with Crippen LogP contribution < -0.4 is 0 Å². The van der Waals surface area contributed by atoms with Gasteiger partial charge in [0, 0.05) is 15.9 Å². The van der Waals surface area contributed by atoms with E-state index >= 15 is 0 Å². The second-order valence-electron chi connectivity index (χ2n) is 1.25. The summed E-state index contributed by atoms with van der Waals surface area (Å²) in [5.41, 5.74) is 0. The minimum absolute atomic E-state index is 0.402. The lowest BCUT2D eigenvalue weighted by Crippen LogP contribution is -1.98. The third kappa shape index (κ3) is 5.18. The topological polar surface area (TPSA) is 0 Å². The molecule has 0 aromatic rings. The Labute approximate surface area is 66.7 Å². The van der Waals surface area contributed by atoms with Crippen molar-refractivity contribution in [3.8, 4) is 0 Å². The smallest absolute Gasteiger partial charge is 0.0256 e. The molecule has 1 radical (unpaired) electrons. The summed E-state index contributed by atoms with van der Waals surface area (Å²) in [5.74, 6) is 0. The van der Waals surface area contributed by atoms with Gasteiger partial charge >= 0.3 is 0 Å². The van der Waals surface area contributed by atoms with E-state index in [-0.39, 0.29) is 0 Å². The van der Waals surface area contributed by atoms with E-state index in [2.05, 4.69) is 31.9 Å². The van der Waals surface area contributed by atoms with Gasteiger partial charge in [-0.15, -0.1) is 0 Å². The lowest BCUT2D eigenvalue weighted by Gasteiger charge is -1.98. The lowest BCUT2D eigenvalue weighted by atomic mass is 10.4. The molecule has 1 atom stereocenters. The molecule has 0 bridgehead atoms. The Morgan fingerprint density at radius 2 is 2.00 bits per heavy atom. The first kappa shape index (κ1) is 8.31. The van der Waals surface area contributed by atoms with E-state index in [0.717, 1.165) is 17.1 Å². The third-order valence-electron chi connectivity index (χ3n) is 0.603. The molecular formula is C4H7Br2S. The highest BCUT2D eigenvalue weighted by Gasteiger charge is 1.96. The number of halogens is 2. The average Bonchev–Trinajstić information content (AvgIpc) is 1.68. The van der Waals surface area contributed by atoms with Gasteiger partial charge in [-0.05, 0) is 6.42 Å². The van der Waals surface area contributed by atoms with Gasteiger partial charge in [0.1, 0.15) is 0 Å². The molecule has 0 aliphatic heterocycles. The van der Waals surface area contributed by atoms with Gasteiger partial charge in [-0.2, -0.15) is 0 Å². The summed E-state index contributed by atoms with van der Waals surface area (Å²) in [6, 6.07) is 0. The van der Waals surface area contributed by atoms with E-state index in [9.17, 15) is 0 Å². The number of rotatable bonds is 3. The quantitative estimate of drug-likeness (QED) is 0.672. The summed E-state index contributed by atoms with van der Waals surface area (Å²) in [6.45, 7) is 0. The van der Waals surface area contributed by atoms with Crippen molar-refractivity contribution >= 4 is 44.5 Å². The number of hydrogen-bond acceptors (Lipinski definition) is 0. The Bertz CT molecular complexity index is 40.7. The number of alkyl halides is 2. The van der Waals surface area contributed by atoms with Crippen molar-refractivity contribution in [3.63, 3.8) is 0 Å². The predicted octanol–water partition coefficient (Wildman–Crippen LogP) is 2.73. The summed E-state index contributed by atoms with van der Waals surface area (Å²) in [7, 11) is 0. The van der Waals surface area contributed by atoms with Crippen LogP contribution in [-0.4, -0.2) is 15.9 Å². The van der Waals surface area contributed by atoms with E-state index < -0.39 is 0 Å². The van der Waals surface area contributed by atoms with Crippen molar-refractivity contribution < 1.29 is 0 Å². The molecular weight excluding hydrogens is 240 g/mol. The highest BCUT2D eigenvalue weighted by Crippen LogP contribution is 2.05. The Balaban J connectivity index is 2.83. The highest BCUT2D eigenvalue weighted by molar-refractivity contribution is 9.09. The molecule has 0 spiro atoms. The number of hydrogen-bond donors (Lipinski definition) is 0. The van der Waals surface area contributed by atoms with Crippen LogP contribution in [0, 0.1) is 0 Å². The first-order valence-corrected chi connectivity index (χ1v) is 4.80. The summed E-state index contributed by atoms with van der Waals surface area (Å²) in [5, 5.41) is 2.36. The molecule has 0 rings (SSSR count). The van der Waals surface area contributed by atoms with Crippen LogP contribution >= 0.6 is 44.5 Å². The summed E-state index contributed by atoms with van der Waals surface area (Å²) >= 11 is 11.6. The van der Waals surface area contributed by atoms with Crippen molar-refractivity contribution in [3.05, 3.63) is 0 Å². The first-order valence-electron chi connectivity index (χ1n) is 2.09. The molecule has 7 heavy (non-hydrogen) atoms. The second kappa shape index (κ2) is 5.45. The fourth-order valence-corrected chi connectivity index (χ4v) is 1.50. The minimum Gasteiger partial charge on any atom is -0.0928 e. The first-order chi connectivity index (χ1) is 3.31. The standard InChI is InChI=1S/C4H7Br2S/c5-2-1-4(7)3-6/h4H,1-3H2. The molecule has 0 saturated carbocycles. The van der Waals surface area contributed by atoms with Gasteiger partial charge in [-0.25, -0.2) is 0 Å². The Kier molecular flexibility index (Phi) is 6.47. The molecule has 0 aromatic carbocycles. The van der Waals surface area contributed by atoms with E-state index in [1.807, 2.05) is 0 Å². The van der Waals surface area contributed by atoms with Crippen LogP contribution in [0.25, 0.3) is 0 Å². The van der Waals surface area contributed by atoms with Crippen molar-refractivity contribution in [2.45, 2.75) is 11.7 Å². The van der Waals surface area contributed by atoms with Crippen LogP contribution in [0.4, 0.5) is 0 Å². The SMILES string of the molecule is [S]C(CBr)CCBr. The van der Waals surface area contributed by atoms with E-state index in [1.165, 1.54) is 0 Å². The molecule has 3 heteroatoms. The molecule has 0 heterocycles. The molecule has 1 unspecified atom stereocenters. The Morgan fingerprint density at radius 1 is 1.43 bits per heavy atom. The lowest BCUT2D eigenvalue weighted by molar-refractivity contribution is 0.947. The zero-order valence-corrected chi connectivity index (χ0v) is 7.85. The maximum atomic E-state index is 4.96. The molecule has 0 amide bonds. The second-order valence-corrected chi connectivity index (χ2v) is 3.36. The van der Waals surface area contributed by atoms with Crippen LogP contribution in [0.2, 0.25) is 0 Å². The maximum absolute atomic E-state index is 4.96. The Morgan fingerprint density at radius 3 is 2.14 bits per heavy atom. The Hall–Kier alpha value is 1.31. The summed E-state index contributed by atoms with van der Waals surface area (Å²) in [4.78, 5) is 0. The fraction of sp³-hybridized carbons (Fsp3) is 1.00. The van der Waals surface area contributed by atoms with Gasteiger partial charge in [0.2, 0.25) is 0 Å². The van der Waals surface area contributed by atoms with Gasteiger partial charge in [0.25, 0.3) is 0 Å². The van der Waals surface area contributed by atoms with Crippen LogP contribution in [0.1, 0.15) is 6.42 Å². The molecule has 0 aliphatic carbocycles. The van der Waals surface area contributed by atoms with Crippen LogP contribution in [-0.2, 0) is 0 Å². The van der Waals surface area contributed by atoms with Crippen molar-refractivity contribution in [1.82, 2.24) is 0 Å². The zero-order chi connectivity index (χ0) is 5.70. The zero-order valence-electron chi connectivity index (χ0n) is 3.86. The van der Waals surface area contributed by atoms with Crippen LogP contribution in [0.5, 0.6) is 0 Å². The molecule has 43 valence electrons. The van der Waals surface area contributed by atoms with Gasteiger partial charge < -0.3 is 0 Å². The maximum Gasteiger partial charge on any atom is 0.0256 e. The van der Waals surface area contributed by atoms with Gasteiger partial charge in [0.05, 0.1) is 0 Å². The molecule has 0 aliphatic rings. The van der Waals surface area contributed by atoms with Gasteiger partial charge in [-0.1, -0.05) is 44.5 Å². The minimum atomic E-state index is 0.402. The van der Waals surface area contributed by atoms with Gasteiger partial charge in [-0.3, -0.25) is 0 Å². The van der Waals surface area contributed by atoms with Crippen molar-refractivity contribution in [1.29, 1.82) is 0 Å². The van der Waals surface area contributed by atoms with Crippen molar-refractivity contribution in [2.75, 3.05) is 10.7 Å². The van der Waals surface area contributed by atoms with Gasteiger partial charge in [0.15, 0.2) is 0 Å².